The minimum atomic E-state index is -0.223. The Balaban J connectivity index is 2.13. The Morgan fingerprint density at radius 2 is 2.11 bits per heavy atom. The first-order chi connectivity index (χ1) is 9.06. The third-order valence-corrected chi connectivity index (χ3v) is 5.02. The largest absolute Gasteiger partial charge is 0.508 e. The topological polar surface area (TPSA) is 54.4 Å². The number of hydrogen-bond acceptors (Lipinski definition) is 3. The van der Waals surface area contributed by atoms with Crippen LogP contribution in [0.5, 0.6) is 5.75 Å². The summed E-state index contributed by atoms with van der Waals surface area (Å²) >= 11 is 0. The summed E-state index contributed by atoms with van der Waals surface area (Å²) in [5.41, 5.74) is 2.12. The number of benzene rings is 1. The first kappa shape index (κ1) is 12.4. The number of fused-ring (bicyclic) bond motifs is 3. The van der Waals surface area contributed by atoms with Crippen LogP contribution < -0.4 is 0 Å². The molecule has 1 aromatic carbocycles. The van der Waals surface area contributed by atoms with Crippen molar-refractivity contribution < 1.29 is 14.7 Å². The van der Waals surface area contributed by atoms with Crippen LogP contribution in [0.4, 0.5) is 0 Å². The van der Waals surface area contributed by atoms with E-state index in [4.69, 9.17) is 0 Å². The quantitative estimate of drug-likeness (QED) is 0.787. The number of rotatable bonds is 1. The highest BCUT2D eigenvalue weighted by molar-refractivity contribution is 6.38. The lowest BCUT2D eigenvalue weighted by molar-refractivity contribution is -0.141. The molecule has 3 nitrogen and oxygen atoms in total. The molecule has 0 aromatic heterocycles. The molecular weight excluding hydrogens is 240 g/mol. The number of aryl methyl sites for hydroxylation is 1. The molecule has 1 fully saturated rings. The highest BCUT2D eigenvalue weighted by Gasteiger charge is 2.49. The van der Waals surface area contributed by atoms with E-state index in [9.17, 15) is 14.7 Å². The molecule has 100 valence electrons. The van der Waals surface area contributed by atoms with Crippen LogP contribution in [0, 0.1) is 5.92 Å². The highest BCUT2D eigenvalue weighted by Crippen LogP contribution is 2.50. The van der Waals surface area contributed by atoms with Gasteiger partial charge in [-0.25, -0.2) is 0 Å². The predicted molar refractivity (Wildman–Crippen MR) is 71.1 cm³/mol. The predicted octanol–water partition coefficient (Wildman–Crippen LogP) is 2.53. The molecule has 0 amide bonds. The number of aromatic hydroxyl groups is 1. The molecule has 0 saturated heterocycles. The molecular formula is C16H18O3. The number of carbonyl (C=O) groups excluding carboxylic acids is 2. The van der Waals surface area contributed by atoms with Crippen molar-refractivity contribution in [3.8, 4) is 5.75 Å². The summed E-state index contributed by atoms with van der Waals surface area (Å²) in [6.07, 6.45) is 3.42. The van der Waals surface area contributed by atoms with Crippen LogP contribution in [0.15, 0.2) is 18.2 Å². The van der Waals surface area contributed by atoms with E-state index < -0.39 is 0 Å². The maximum Gasteiger partial charge on any atom is 0.199 e. The van der Waals surface area contributed by atoms with Gasteiger partial charge in [-0.15, -0.1) is 0 Å². The van der Waals surface area contributed by atoms with Crippen molar-refractivity contribution in [1.29, 1.82) is 0 Å². The lowest BCUT2D eigenvalue weighted by atomic mass is 9.55. The van der Waals surface area contributed by atoms with Crippen LogP contribution in [0.3, 0.4) is 0 Å². The molecule has 0 heterocycles. The normalized spacial score (nSPS) is 29.8. The van der Waals surface area contributed by atoms with Crippen LogP contribution in [-0.4, -0.2) is 16.7 Å². The molecule has 1 saturated carbocycles. The molecule has 2 atom stereocenters. The molecule has 2 aliphatic rings. The Morgan fingerprint density at radius 1 is 1.32 bits per heavy atom. The summed E-state index contributed by atoms with van der Waals surface area (Å²) < 4.78 is 0. The smallest absolute Gasteiger partial charge is 0.199 e. The fourth-order valence-electron chi connectivity index (χ4n) is 3.96. The Kier molecular flexibility index (Phi) is 2.73. The van der Waals surface area contributed by atoms with E-state index in [0.717, 1.165) is 24.8 Å². The van der Waals surface area contributed by atoms with Crippen molar-refractivity contribution in [2.24, 2.45) is 5.92 Å². The van der Waals surface area contributed by atoms with E-state index in [1.165, 1.54) is 5.56 Å². The van der Waals surface area contributed by atoms with Crippen molar-refractivity contribution in [3.63, 3.8) is 0 Å². The lowest BCUT2D eigenvalue weighted by Crippen LogP contribution is -2.47. The van der Waals surface area contributed by atoms with Crippen LogP contribution in [0.25, 0.3) is 0 Å². The Labute approximate surface area is 112 Å². The standard InChI is InChI=1S/C16H18O3/c1-2-16-9-15(19)14(18)8-11(16)4-3-10-7-12(17)5-6-13(10)16/h5-7,11,17H,2-4,8-9H2,1H3/t11?,16-/m1/s1. The summed E-state index contributed by atoms with van der Waals surface area (Å²) in [6, 6.07) is 5.45. The van der Waals surface area contributed by atoms with Gasteiger partial charge in [0, 0.05) is 18.3 Å². The first-order valence-corrected chi connectivity index (χ1v) is 6.95. The third kappa shape index (κ3) is 1.71. The van der Waals surface area contributed by atoms with E-state index in [1.54, 1.807) is 6.07 Å². The van der Waals surface area contributed by atoms with Gasteiger partial charge in [0.05, 0.1) is 0 Å². The molecule has 0 aliphatic heterocycles. The fourth-order valence-corrected chi connectivity index (χ4v) is 3.96. The van der Waals surface area contributed by atoms with Gasteiger partial charge in [-0.05, 0) is 48.4 Å². The van der Waals surface area contributed by atoms with Crippen LogP contribution in [-0.2, 0) is 21.4 Å². The van der Waals surface area contributed by atoms with E-state index in [2.05, 4.69) is 6.92 Å². The summed E-state index contributed by atoms with van der Waals surface area (Å²) in [6.45, 7) is 2.10. The molecule has 1 unspecified atom stereocenters. The van der Waals surface area contributed by atoms with Gasteiger partial charge in [-0.3, -0.25) is 9.59 Å². The van der Waals surface area contributed by atoms with Crippen LogP contribution >= 0.6 is 0 Å². The molecule has 1 N–H and O–H groups in total. The van der Waals surface area contributed by atoms with E-state index in [0.29, 0.717) is 12.8 Å². The second kappa shape index (κ2) is 4.19. The van der Waals surface area contributed by atoms with Crippen molar-refractivity contribution in [3.05, 3.63) is 29.3 Å². The molecule has 1 aromatic rings. The van der Waals surface area contributed by atoms with Gasteiger partial charge >= 0.3 is 0 Å². The maximum atomic E-state index is 11.9. The van der Waals surface area contributed by atoms with Crippen molar-refractivity contribution in [1.82, 2.24) is 0 Å². The van der Waals surface area contributed by atoms with Crippen molar-refractivity contribution in [2.45, 2.75) is 44.4 Å². The number of Topliss-reactive ketones (excluding diaryl/α,β-unsaturated/α-hetero) is 2. The zero-order chi connectivity index (χ0) is 13.6. The number of carbonyl (C=O) groups is 2. The third-order valence-electron chi connectivity index (χ3n) is 5.02. The summed E-state index contributed by atoms with van der Waals surface area (Å²) in [7, 11) is 0. The average molecular weight is 258 g/mol. The van der Waals surface area contributed by atoms with Gasteiger partial charge in [0.1, 0.15) is 5.75 Å². The monoisotopic (exact) mass is 258 g/mol. The molecule has 3 rings (SSSR count). The molecule has 0 spiro atoms. The van der Waals surface area contributed by atoms with Crippen LogP contribution in [0.1, 0.15) is 43.7 Å². The van der Waals surface area contributed by atoms with Crippen molar-refractivity contribution in [2.75, 3.05) is 0 Å². The Hall–Kier alpha value is -1.64. The minimum absolute atomic E-state index is 0.188. The molecule has 2 aliphatic carbocycles. The van der Waals surface area contributed by atoms with Gasteiger partial charge in [0.25, 0.3) is 0 Å². The van der Waals surface area contributed by atoms with E-state index in [1.807, 2.05) is 12.1 Å². The number of phenolic OH excluding ortho intramolecular Hbond substituents is 1. The minimum Gasteiger partial charge on any atom is -0.508 e. The number of ketones is 2. The highest BCUT2D eigenvalue weighted by atomic mass is 16.3. The molecule has 0 bridgehead atoms. The average Bonchev–Trinajstić information content (AvgIpc) is 2.40. The van der Waals surface area contributed by atoms with Gasteiger partial charge < -0.3 is 5.11 Å². The summed E-state index contributed by atoms with van der Waals surface area (Å²) in [4.78, 5) is 23.6. The SMILES string of the molecule is CC[C@@]12CC(=O)C(=O)CC1CCc1cc(O)ccc12. The zero-order valence-corrected chi connectivity index (χ0v) is 11.1. The fraction of sp³-hybridized carbons (Fsp3) is 0.500. The van der Waals surface area contributed by atoms with E-state index >= 15 is 0 Å². The van der Waals surface area contributed by atoms with Gasteiger partial charge in [-0.1, -0.05) is 13.0 Å². The Morgan fingerprint density at radius 3 is 2.84 bits per heavy atom. The summed E-state index contributed by atoms with van der Waals surface area (Å²) in [5, 5.41) is 9.61. The lowest BCUT2D eigenvalue weighted by Gasteiger charge is -2.47. The van der Waals surface area contributed by atoms with E-state index in [-0.39, 0.29) is 28.6 Å². The maximum absolute atomic E-state index is 11.9. The molecule has 0 radical (unpaired) electrons. The van der Waals surface area contributed by atoms with Crippen LogP contribution in [0.2, 0.25) is 0 Å². The molecule has 19 heavy (non-hydrogen) atoms. The second-order valence-corrected chi connectivity index (χ2v) is 5.81. The van der Waals surface area contributed by atoms with Gasteiger partial charge in [0.15, 0.2) is 11.6 Å². The summed E-state index contributed by atoms with van der Waals surface area (Å²) in [5.74, 6) is 0.136. The van der Waals surface area contributed by atoms with Gasteiger partial charge in [-0.2, -0.15) is 0 Å². The second-order valence-electron chi connectivity index (χ2n) is 5.81. The van der Waals surface area contributed by atoms with Crippen molar-refractivity contribution >= 4 is 11.6 Å². The Bertz CT molecular complexity index is 561. The van der Waals surface area contributed by atoms with Gasteiger partial charge in [0.2, 0.25) is 0 Å². The number of phenols is 1. The molecule has 3 heteroatoms. The first-order valence-electron chi connectivity index (χ1n) is 6.95. The number of hydrogen-bond donors (Lipinski definition) is 1. The zero-order valence-electron chi connectivity index (χ0n) is 11.1.